The minimum Gasteiger partial charge on any atom is -0.448 e. The molecule has 0 aliphatic carbocycles. The van der Waals surface area contributed by atoms with Gasteiger partial charge >= 0.3 is 5.97 Å². The molecule has 14 heavy (non-hydrogen) atoms. The van der Waals surface area contributed by atoms with E-state index >= 15 is 0 Å². The molecule has 1 rings (SSSR count). The Morgan fingerprint density at radius 1 is 1.64 bits per heavy atom. The monoisotopic (exact) mass is 196 g/mol. The quantitative estimate of drug-likeness (QED) is 0.367. The van der Waals surface area contributed by atoms with Gasteiger partial charge in [0.05, 0.1) is 6.61 Å². The summed E-state index contributed by atoms with van der Waals surface area (Å²) in [6, 6.07) is 0. The van der Waals surface area contributed by atoms with Crippen molar-refractivity contribution in [3.8, 4) is 0 Å². The number of hydrogen-bond donors (Lipinski definition) is 0. The van der Waals surface area contributed by atoms with Crippen LogP contribution in [0.5, 0.6) is 0 Å². The Hall–Kier alpha value is -1.42. The second-order valence-electron chi connectivity index (χ2n) is 3.08. The number of carbonyl (C=O) groups excluding carboxylic acids is 2. The average molecular weight is 196 g/mol. The summed E-state index contributed by atoms with van der Waals surface area (Å²) in [6.45, 7) is 8.70. The summed E-state index contributed by atoms with van der Waals surface area (Å²) in [6.07, 6.45) is -0.0570. The molecule has 0 amide bonds. The van der Waals surface area contributed by atoms with Crippen LogP contribution in [0.15, 0.2) is 24.8 Å². The Morgan fingerprint density at radius 3 is 2.57 bits per heavy atom. The van der Waals surface area contributed by atoms with Gasteiger partial charge in [0.15, 0.2) is 11.9 Å². The highest BCUT2D eigenvalue weighted by atomic mass is 16.6. The van der Waals surface area contributed by atoms with Crippen molar-refractivity contribution in [3.05, 3.63) is 24.8 Å². The second kappa shape index (κ2) is 4.19. The van der Waals surface area contributed by atoms with E-state index in [4.69, 9.17) is 9.47 Å². The van der Waals surface area contributed by atoms with Gasteiger partial charge in [-0.05, 0) is 13.0 Å². The fraction of sp³-hybridized carbons (Fsp3) is 0.400. The number of esters is 1. The molecule has 0 aromatic rings. The summed E-state index contributed by atoms with van der Waals surface area (Å²) < 4.78 is 9.80. The van der Waals surface area contributed by atoms with Crippen LogP contribution < -0.4 is 0 Å². The van der Waals surface area contributed by atoms with Crippen LogP contribution >= 0.6 is 0 Å². The zero-order valence-corrected chi connectivity index (χ0v) is 7.99. The number of ether oxygens (including phenoxy) is 2. The van der Waals surface area contributed by atoms with Gasteiger partial charge in [0.25, 0.3) is 0 Å². The van der Waals surface area contributed by atoms with Crippen molar-refractivity contribution in [3.63, 3.8) is 0 Å². The van der Waals surface area contributed by atoms with E-state index in [2.05, 4.69) is 13.2 Å². The molecule has 1 saturated heterocycles. The zero-order chi connectivity index (χ0) is 10.7. The van der Waals surface area contributed by atoms with Gasteiger partial charge < -0.3 is 9.47 Å². The number of carbonyl (C=O) groups is 2. The molecule has 0 saturated carbocycles. The maximum Gasteiger partial charge on any atom is 0.333 e. The van der Waals surface area contributed by atoms with E-state index in [9.17, 15) is 9.59 Å². The van der Waals surface area contributed by atoms with Gasteiger partial charge in [0.2, 0.25) is 0 Å². The molecule has 0 spiro atoms. The Kier molecular flexibility index (Phi) is 3.19. The lowest BCUT2D eigenvalue weighted by molar-refractivity contribution is -0.150. The van der Waals surface area contributed by atoms with Gasteiger partial charge in [-0.1, -0.05) is 13.2 Å². The maximum absolute atomic E-state index is 11.2. The maximum atomic E-state index is 11.2. The van der Waals surface area contributed by atoms with Gasteiger partial charge in [-0.2, -0.15) is 0 Å². The first-order chi connectivity index (χ1) is 6.56. The number of rotatable bonds is 5. The molecule has 4 nitrogen and oxygen atoms in total. The second-order valence-corrected chi connectivity index (χ2v) is 3.08. The molecule has 1 aliphatic rings. The normalized spacial score (nSPS) is 20.8. The van der Waals surface area contributed by atoms with Gasteiger partial charge in [-0.3, -0.25) is 4.79 Å². The van der Waals surface area contributed by atoms with Crippen LogP contribution in [-0.4, -0.2) is 30.6 Å². The third-order valence-electron chi connectivity index (χ3n) is 1.76. The Balaban J connectivity index is 2.60. The molecule has 4 heteroatoms. The van der Waals surface area contributed by atoms with E-state index in [-0.39, 0.29) is 17.5 Å². The molecule has 1 fully saturated rings. The summed E-state index contributed by atoms with van der Waals surface area (Å²) in [7, 11) is 0. The van der Waals surface area contributed by atoms with E-state index in [1.54, 1.807) is 0 Å². The summed E-state index contributed by atoms with van der Waals surface area (Å²) >= 11 is 0. The molecular formula is C10H12O4. The predicted molar refractivity (Wildman–Crippen MR) is 49.6 cm³/mol. The SMILES string of the molecule is C=CC(=O)C(OC(=O)C(=C)C)C1CO1. The Bertz CT molecular complexity index is 288. The molecule has 0 bridgehead atoms. The van der Waals surface area contributed by atoms with Crippen LogP contribution in [-0.2, 0) is 19.1 Å². The minimum atomic E-state index is -0.864. The molecule has 2 atom stereocenters. The minimum absolute atomic E-state index is 0.257. The molecule has 1 heterocycles. The van der Waals surface area contributed by atoms with Crippen LogP contribution in [0.2, 0.25) is 0 Å². The molecule has 0 aromatic carbocycles. The van der Waals surface area contributed by atoms with Gasteiger partial charge in [-0.25, -0.2) is 4.79 Å². The van der Waals surface area contributed by atoms with E-state index < -0.39 is 12.1 Å². The van der Waals surface area contributed by atoms with Crippen LogP contribution in [0.3, 0.4) is 0 Å². The molecule has 76 valence electrons. The summed E-state index contributed by atoms with van der Waals surface area (Å²) in [4.78, 5) is 22.4. The first kappa shape index (κ1) is 10.7. The smallest absolute Gasteiger partial charge is 0.333 e. The molecule has 1 aliphatic heterocycles. The van der Waals surface area contributed by atoms with Gasteiger partial charge in [-0.15, -0.1) is 0 Å². The Labute approximate surface area is 82.2 Å². The van der Waals surface area contributed by atoms with Crippen molar-refractivity contribution in [1.29, 1.82) is 0 Å². The summed E-state index contributed by atoms with van der Waals surface area (Å²) in [5.74, 6) is -0.928. The van der Waals surface area contributed by atoms with Crippen molar-refractivity contribution < 1.29 is 19.1 Å². The van der Waals surface area contributed by atoms with Crippen LogP contribution in [0, 0.1) is 0 Å². The van der Waals surface area contributed by atoms with E-state index in [1.807, 2.05) is 0 Å². The lowest BCUT2D eigenvalue weighted by atomic mass is 10.1. The average Bonchev–Trinajstić information content (AvgIpc) is 2.95. The highest BCUT2D eigenvalue weighted by Crippen LogP contribution is 2.19. The highest BCUT2D eigenvalue weighted by Gasteiger charge is 2.39. The van der Waals surface area contributed by atoms with Crippen molar-refractivity contribution in [2.75, 3.05) is 6.61 Å². The third-order valence-corrected chi connectivity index (χ3v) is 1.76. The number of hydrogen-bond acceptors (Lipinski definition) is 4. The van der Waals surface area contributed by atoms with Gasteiger partial charge in [0.1, 0.15) is 6.10 Å². The molecule has 2 unspecified atom stereocenters. The molecular weight excluding hydrogens is 184 g/mol. The number of ketones is 1. The molecule has 0 N–H and O–H groups in total. The fourth-order valence-electron chi connectivity index (χ4n) is 0.880. The van der Waals surface area contributed by atoms with Crippen molar-refractivity contribution in [2.24, 2.45) is 0 Å². The largest absolute Gasteiger partial charge is 0.448 e. The van der Waals surface area contributed by atoms with Crippen molar-refractivity contribution in [1.82, 2.24) is 0 Å². The van der Waals surface area contributed by atoms with Crippen LogP contribution in [0.25, 0.3) is 0 Å². The zero-order valence-electron chi connectivity index (χ0n) is 7.99. The topological polar surface area (TPSA) is 55.9 Å². The third kappa shape index (κ3) is 2.53. The van der Waals surface area contributed by atoms with Crippen molar-refractivity contribution in [2.45, 2.75) is 19.1 Å². The predicted octanol–water partition coefficient (Wildman–Crippen LogP) is 0.628. The van der Waals surface area contributed by atoms with E-state index in [1.165, 1.54) is 6.92 Å². The highest BCUT2D eigenvalue weighted by molar-refractivity contribution is 5.97. The summed E-state index contributed by atoms with van der Waals surface area (Å²) in [5, 5.41) is 0. The van der Waals surface area contributed by atoms with Crippen molar-refractivity contribution >= 4 is 11.8 Å². The van der Waals surface area contributed by atoms with Crippen LogP contribution in [0.4, 0.5) is 0 Å². The lowest BCUT2D eigenvalue weighted by Crippen LogP contribution is -2.31. The standard InChI is InChI=1S/C10H12O4/c1-4-7(11)9(8-5-13-8)14-10(12)6(2)3/h4,8-9H,1-2,5H2,3H3. The van der Waals surface area contributed by atoms with E-state index in [0.29, 0.717) is 6.61 Å². The van der Waals surface area contributed by atoms with Crippen LogP contribution in [0.1, 0.15) is 6.92 Å². The summed E-state index contributed by atoms with van der Waals surface area (Å²) in [5.41, 5.74) is 0.257. The van der Waals surface area contributed by atoms with Gasteiger partial charge in [0, 0.05) is 5.57 Å². The first-order valence-corrected chi connectivity index (χ1v) is 4.20. The fourth-order valence-corrected chi connectivity index (χ4v) is 0.880. The number of epoxide rings is 1. The van der Waals surface area contributed by atoms with E-state index in [0.717, 1.165) is 6.08 Å². The molecule has 0 aromatic heterocycles. The Morgan fingerprint density at radius 2 is 2.21 bits per heavy atom. The molecule has 0 radical (unpaired) electrons. The lowest BCUT2D eigenvalue weighted by Gasteiger charge is -2.12. The first-order valence-electron chi connectivity index (χ1n) is 4.20.